The zero-order valence-electron chi connectivity index (χ0n) is 8.76. The number of carbonyl (C=O) groups excluding carboxylic acids is 1. The second-order valence-electron chi connectivity index (χ2n) is 3.43. The Labute approximate surface area is 86.5 Å². The van der Waals surface area contributed by atoms with Crippen LogP contribution < -0.4 is 0 Å². The van der Waals surface area contributed by atoms with Crippen LogP contribution in [0.2, 0.25) is 0 Å². The predicted octanol–water partition coefficient (Wildman–Crippen LogP) is 2.15. The lowest BCUT2D eigenvalue weighted by molar-refractivity contribution is -0.200. The molecule has 0 aliphatic heterocycles. The molecule has 0 radical (unpaired) electrons. The van der Waals surface area contributed by atoms with E-state index in [4.69, 9.17) is 4.74 Å². The van der Waals surface area contributed by atoms with Gasteiger partial charge in [-0.15, -0.1) is 0 Å². The summed E-state index contributed by atoms with van der Waals surface area (Å²) in [6, 6.07) is 0. The Kier molecular flexibility index (Phi) is 6.31. The molecular weight excluding hydrogens is 213 g/mol. The fourth-order valence-corrected chi connectivity index (χ4v) is 0.696. The van der Waals surface area contributed by atoms with Gasteiger partial charge in [0.2, 0.25) is 0 Å². The van der Waals surface area contributed by atoms with Crippen molar-refractivity contribution in [2.45, 2.75) is 26.4 Å². The standard InChI is InChI=1S/C9H15F3O3/c1-7(2)3-4-14-5-6-15-8(13)9(10,11)12/h7H,3-6H2,1-2H3. The van der Waals surface area contributed by atoms with E-state index in [-0.39, 0.29) is 13.2 Å². The van der Waals surface area contributed by atoms with E-state index in [2.05, 4.69) is 4.74 Å². The third-order valence-corrected chi connectivity index (χ3v) is 1.53. The Bertz CT molecular complexity index is 190. The maximum atomic E-state index is 11.6. The topological polar surface area (TPSA) is 35.5 Å². The largest absolute Gasteiger partial charge is 0.490 e. The van der Waals surface area contributed by atoms with Crippen molar-refractivity contribution in [2.24, 2.45) is 5.92 Å². The number of hydrogen-bond donors (Lipinski definition) is 0. The van der Waals surface area contributed by atoms with E-state index < -0.39 is 12.1 Å². The summed E-state index contributed by atoms with van der Waals surface area (Å²) in [5.41, 5.74) is 0. The second kappa shape index (κ2) is 6.66. The van der Waals surface area contributed by atoms with Crippen LogP contribution in [0.15, 0.2) is 0 Å². The quantitative estimate of drug-likeness (QED) is 0.516. The predicted molar refractivity (Wildman–Crippen MR) is 47.3 cm³/mol. The minimum atomic E-state index is -4.92. The van der Waals surface area contributed by atoms with E-state index in [1.54, 1.807) is 0 Å². The van der Waals surface area contributed by atoms with Crippen molar-refractivity contribution in [2.75, 3.05) is 19.8 Å². The van der Waals surface area contributed by atoms with Gasteiger partial charge in [-0.2, -0.15) is 13.2 Å². The van der Waals surface area contributed by atoms with Gasteiger partial charge in [0.15, 0.2) is 0 Å². The van der Waals surface area contributed by atoms with Gasteiger partial charge in [-0.3, -0.25) is 0 Å². The fraction of sp³-hybridized carbons (Fsp3) is 0.889. The molecule has 15 heavy (non-hydrogen) atoms. The maximum absolute atomic E-state index is 11.6. The van der Waals surface area contributed by atoms with Crippen molar-refractivity contribution in [1.29, 1.82) is 0 Å². The minimum absolute atomic E-state index is 0.00542. The fourth-order valence-electron chi connectivity index (χ4n) is 0.696. The van der Waals surface area contributed by atoms with Crippen LogP contribution in [0.3, 0.4) is 0 Å². The third-order valence-electron chi connectivity index (χ3n) is 1.53. The molecule has 0 bridgehead atoms. The first-order chi connectivity index (χ1) is 6.84. The zero-order valence-corrected chi connectivity index (χ0v) is 8.76. The molecule has 0 aliphatic rings. The van der Waals surface area contributed by atoms with Gasteiger partial charge < -0.3 is 9.47 Å². The number of rotatable bonds is 6. The lowest BCUT2D eigenvalue weighted by atomic mass is 10.1. The van der Waals surface area contributed by atoms with E-state index in [0.29, 0.717) is 12.5 Å². The number of halogens is 3. The van der Waals surface area contributed by atoms with E-state index in [1.165, 1.54) is 0 Å². The van der Waals surface area contributed by atoms with Gasteiger partial charge in [0, 0.05) is 6.61 Å². The first kappa shape index (κ1) is 14.2. The second-order valence-corrected chi connectivity index (χ2v) is 3.43. The number of esters is 1. The van der Waals surface area contributed by atoms with Crippen LogP contribution in [0, 0.1) is 5.92 Å². The third kappa shape index (κ3) is 8.23. The molecule has 0 spiro atoms. The summed E-state index contributed by atoms with van der Waals surface area (Å²) in [6.07, 6.45) is -4.09. The van der Waals surface area contributed by atoms with Crippen molar-refractivity contribution in [1.82, 2.24) is 0 Å². The van der Waals surface area contributed by atoms with Crippen molar-refractivity contribution in [3.63, 3.8) is 0 Å². The Morgan fingerprint density at radius 2 is 1.80 bits per heavy atom. The van der Waals surface area contributed by atoms with E-state index in [1.807, 2.05) is 13.8 Å². The summed E-state index contributed by atoms with van der Waals surface area (Å²) in [6.45, 7) is 4.10. The highest BCUT2D eigenvalue weighted by molar-refractivity contribution is 5.75. The summed E-state index contributed by atoms with van der Waals surface area (Å²) in [4.78, 5) is 10.2. The molecule has 0 fully saturated rings. The van der Waals surface area contributed by atoms with Gasteiger partial charge in [-0.1, -0.05) is 13.8 Å². The summed E-state index contributed by atoms with van der Waals surface area (Å²) in [7, 11) is 0. The Balaban J connectivity index is 3.36. The molecule has 0 heterocycles. The normalized spacial score (nSPS) is 11.9. The van der Waals surface area contributed by atoms with Crippen molar-refractivity contribution in [3.05, 3.63) is 0 Å². The van der Waals surface area contributed by atoms with Crippen LogP contribution >= 0.6 is 0 Å². The molecule has 0 rings (SSSR count). The molecule has 0 aromatic heterocycles. The van der Waals surface area contributed by atoms with Gasteiger partial charge in [0.1, 0.15) is 6.61 Å². The average Bonchev–Trinajstić information content (AvgIpc) is 2.08. The van der Waals surface area contributed by atoms with Gasteiger partial charge >= 0.3 is 12.1 Å². The lowest BCUT2D eigenvalue weighted by Gasteiger charge is -2.08. The molecule has 0 unspecified atom stereocenters. The number of ether oxygens (including phenoxy) is 2. The number of alkyl halides is 3. The Morgan fingerprint density at radius 3 is 2.27 bits per heavy atom. The maximum Gasteiger partial charge on any atom is 0.490 e. The molecular formula is C9H15F3O3. The smallest absolute Gasteiger partial charge is 0.457 e. The molecule has 0 amide bonds. The van der Waals surface area contributed by atoms with E-state index in [9.17, 15) is 18.0 Å². The van der Waals surface area contributed by atoms with Crippen molar-refractivity contribution in [3.8, 4) is 0 Å². The molecule has 0 aromatic rings. The molecule has 0 aromatic carbocycles. The zero-order chi connectivity index (χ0) is 11.9. The number of hydrogen-bond acceptors (Lipinski definition) is 3. The molecule has 6 heteroatoms. The van der Waals surface area contributed by atoms with Crippen LogP contribution in [-0.4, -0.2) is 32.0 Å². The van der Waals surface area contributed by atoms with Crippen molar-refractivity contribution < 1.29 is 27.4 Å². The minimum Gasteiger partial charge on any atom is -0.457 e. The Morgan fingerprint density at radius 1 is 1.20 bits per heavy atom. The average molecular weight is 228 g/mol. The van der Waals surface area contributed by atoms with E-state index in [0.717, 1.165) is 6.42 Å². The molecule has 0 atom stereocenters. The summed E-state index contributed by atoms with van der Waals surface area (Å²) < 4.78 is 43.7. The molecule has 0 N–H and O–H groups in total. The SMILES string of the molecule is CC(C)CCOCCOC(=O)C(F)(F)F. The van der Waals surface area contributed by atoms with Crippen LogP contribution in [-0.2, 0) is 14.3 Å². The summed E-state index contributed by atoms with van der Waals surface area (Å²) in [5, 5.41) is 0. The highest BCUT2D eigenvalue weighted by Crippen LogP contribution is 2.16. The van der Waals surface area contributed by atoms with Gasteiger partial charge in [0.25, 0.3) is 0 Å². The van der Waals surface area contributed by atoms with E-state index >= 15 is 0 Å². The molecule has 0 saturated carbocycles. The van der Waals surface area contributed by atoms with Crippen LogP contribution in [0.4, 0.5) is 13.2 Å². The molecule has 3 nitrogen and oxygen atoms in total. The summed E-state index contributed by atoms with van der Waals surface area (Å²) >= 11 is 0. The highest BCUT2D eigenvalue weighted by Gasteiger charge is 2.40. The monoisotopic (exact) mass is 228 g/mol. The lowest BCUT2D eigenvalue weighted by Crippen LogP contribution is -2.26. The van der Waals surface area contributed by atoms with Gasteiger partial charge in [-0.25, -0.2) is 4.79 Å². The molecule has 90 valence electrons. The van der Waals surface area contributed by atoms with Gasteiger partial charge in [0.05, 0.1) is 6.61 Å². The van der Waals surface area contributed by atoms with Crippen LogP contribution in [0.25, 0.3) is 0 Å². The highest BCUT2D eigenvalue weighted by atomic mass is 19.4. The van der Waals surface area contributed by atoms with Crippen LogP contribution in [0.5, 0.6) is 0 Å². The Hall–Kier alpha value is -0.780. The van der Waals surface area contributed by atoms with Gasteiger partial charge in [-0.05, 0) is 12.3 Å². The number of carbonyl (C=O) groups is 1. The van der Waals surface area contributed by atoms with Crippen molar-refractivity contribution >= 4 is 5.97 Å². The molecule has 0 aliphatic carbocycles. The summed E-state index contributed by atoms with van der Waals surface area (Å²) in [5.74, 6) is -1.70. The first-order valence-corrected chi connectivity index (χ1v) is 4.65. The molecule has 0 saturated heterocycles. The first-order valence-electron chi connectivity index (χ1n) is 4.65. The van der Waals surface area contributed by atoms with Crippen LogP contribution in [0.1, 0.15) is 20.3 Å².